The Kier molecular flexibility index (Phi) is 3.84. The Hall–Kier alpha value is -2.35. The molecule has 3 aromatic rings. The van der Waals surface area contributed by atoms with Crippen LogP contribution in [0.2, 0.25) is 0 Å². The van der Waals surface area contributed by atoms with Crippen molar-refractivity contribution in [1.29, 1.82) is 0 Å². The van der Waals surface area contributed by atoms with E-state index in [1.54, 1.807) is 0 Å². The van der Waals surface area contributed by atoms with Crippen molar-refractivity contribution in [3.8, 4) is 17.1 Å². The largest absolute Gasteiger partial charge is 0.303 e. The van der Waals surface area contributed by atoms with Crippen molar-refractivity contribution in [1.82, 2.24) is 9.55 Å². The Morgan fingerprint density at radius 2 is 1.50 bits per heavy atom. The molecule has 2 aromatic heterocycles. The second-order valence-corrected chi connectivity index (χ2v) is 6.07. The highest BCUT2D eigenvalue weighted by Gasteiger charge is 2.11. The Balaban J connectivity index is 2.14. The first kappa shape index (κ1) is 14.6. The maximum atomic E-state index is 4.91. The molecule has 0 spiro atoms. The summed E-state index contributed by atoms with van der Waals surface area (Å²) >= 11 is 0. The van der Waals surface area contributed by atoms with Gasteiger partial charge < -0.3 is 4.57 Å². The van der Waals surface area contributed by atoms with Gasteiger partial charge in [-0.05, 0) is 49.6 Å². The highest BCUT2D eigenvalue weighted by atomic mass is 15.1. The summed E-state index contributed by atoms with van der Waals surface area (Å²) in [6.07, 6.45) is 0. The van der Waals surface area contributed by atoms with E-state index in [1.165, 1.54) is 22.5 Å². The molecule has 1 aromatic carbocycles. The average molecular weight is 290 g/mol. The van der Waals surface area contributed by atoms with Gasteiger partial charge in [0, 0.05) is 17.0 Å². The lowest BCUT2D eigenvalue weighted by Crippen LogP contribution is -2.03. The minimum absolute atomic E-state index is 0.483. The normalized spacial score (nSPS) is 11.1. The summed E-state index contributed by atoms with van der Waals surface area (Å²) in [5, 5.41) is 0. The number of hydrogen-bond acceptors (Lipinski definition) is 1. The van der Waals surface area contributed by atoms with Crippen LogP contribution in [0.15, 0.2) is 54.6 Å². The van der Waals surface area contributed by atoms with E-state index in [4.69, 9.17) is 4.98 Å². The molecule has 0 fully saturated rings. The molecule has 0 bridgehead atoms. The van der Waals surface area contributed by atoms with E-state index >= 15 is 0 Å². The van der Waals surface area contributed by atoms with Gasteiger partial charge in [0.05, 0.1) is 5.69 Å². The molecule has 2 heterocycles. The summed E-state index contributed by atoms with van der Waals surface area (Å²) in [7, 11) is 0. The minimum Gasteiger partial charge on any atom is -0.303 e. The van der Waals surface area contributed by atoms with Crippen LogP contribution < -0.4 is 0 Å². The van der Waals surface area contributed by atoms with Crippen LogP contribution in [0.25, 0.3) is 17.1 Å². The highest BCUT2D eigenvalue weighted by molar-refractivity contribution is 5.65. The van der Waals surface area contributed by atoms with Crippen LogP contribution in [0.3, 0.4) is 0 Å². The van der Waals surface area contributed by atoms with E-state index in [9.17, 15) is 0 Å². The van der Waals surface area contributed by atoms with Gasteiger partial charge in [-0.25, -0.2) is 4.98 Å². The smallest absolute Gasteiger partial charge is 0.137 e. The summed E-state index contributed by atoms with van der Waals surface area (Å²) in [4.78, 5) is 4.91. The van der Waals surface area contributed by atoms with Gasteiger partial charge in [0.1, 0.15) is 5.82 Å². The standard InChI is InChI=1S/C20H22N2/c1-14(2)17-8-5-6-9-18(17)19-10-7-11-20(21-19)22-15(3)12-13-16(22)4/h5-14H,1-4H3. The molecule has 0 unspecified atom stereocenters. The van der Waals surface area contributed by atoms with Gasteiger partial charge in [0.2, 0.25) is 0 Å². The van der Waals surface area contributed by atoms with Crippen LogP contribution >= 0.6 is 0 Å². The molecule has 112 valence electrons. The quantitative estimate of drug-likeness (QED) is 0.641. The maximum Gasteiger partial charge on any atom is 0.137 e. The lowest BCUT2D eigenvalue weighted by atomic mass is 9.95. The van der Waals surface area contributed by atoms with Gasteiger partial charge in [-0.3, -0.25) is 0 Å². The fourth-order valence-corrected chi connectivity index (χ4v) is 2.96. The first-order valence-corrected chi connectivity index (χ1v) is 7.79. The summed E-state index contributed by atoms with van der Waals surface area (Å²) in [6.45, 7) is 8.68. The SMILES string of the molecule is Cc1ccc(C)n1-c1cccc(-c2ccccc2C(C)C)n1. The zero-order valence-electron chi connectivity index (χ0n) is 13.7. The van der Waals surface area contributed by atoms with Crippen molar-refractivity contribution in [3.63, 3.8) is 0 Å². The van der Waals surface area contributed by atoms with Gasteiger partial charge in [0.25, 0.3) is 0 Å². The van der Waals surface area contributed by atoms with Crippen molar-refractivity contribution < 1.29 is 0 Å². The van der Waals surface area contributed by atoms with Crippen molar-refractivity contribution in [2.24, 2.45) is 0 Å². The van der Waals surface area contributed by atoms with Gasteiger partial charge in [-0.1, -0.05) is 44.2 Å². The molecule has 3 rings (SSSR count). The molecule has 0 saturated carbocycles. The van der Waals surface area contributed by atoms with Crippen LogP contribution in [0.1, 0.15) is 36.7 Å². The predicted octanol–water partition coefficient (Wildman–Crippen LogP) is 5.28. The maximum absolute atomic E-state index is 4.91. The second-order valence-electron chi connectivity index (χ2n) is 6.07. The third-order valence-corrected chi connectivity index (χ3v) is 4.09. The number of hydrogen-bond donors (Lipinski definition) is 0. The summed E-state index contributed by atoms with van der Waals surface area (Å²) < 4.78 is 2.20. The number of benzene rings is 1. The zero-order chi connectivity index (χ0) is 15.7. The molecule has 2 heteroatoms. The summed E-state index contributed by atoms with van der Waals surface area (Å²) in [6, 6.07) is 19.1. The third kappa shape index (κ3) is 2.57. The predicted molar refractivity (Wildman–Crippen MR) is 92.6 cm³/mol. The summed E-state index contributed by atoms with van der Waals surface area (Å²) in [5.41, 5.74) is 6.02. The van der Waals surface area contributed by atoms with E-state index in [2.05, 4.69) is 86.9 Å². The summed E-state index contributed by atoms with van der Waals surface area (Å²) in [5.74, 6) is 1.47. The molecule has 0 aliphatic heterocycles. The van der Waals surface area contributed by atoms with E-state index in [0.29, 0.717) is 5.92 Å². The Morgan fingerprint density at radius 1 is 0.818 bits per heavy atom. The fraction of sp³-hybridized carbons (Fsp3) is 0.250. The van der Waals surface area contributed by atoms with Crippen LogP contribution in [-0.2, 0) is 0 Å². The minimum atomic E-state index is 0.483. The zero-order valence-corrected chi connectivity index (χ0v) is 13.7. The van der Waals surface area contributed by atoms with Gasteiger partial charge in [-0.15, -0.1) is 0 Å². The van der Waals surface area contributed by atoms with Gasteiger partial charge in [0.15, 0.2) is 0 Å². The van der Waals surface area contributed by atoms with Gasteiger partial charge >= 0.3 is 0 Å². The van der Waals surface area contributed by atoms with Crippen LogP contribution in [0.4, 0.5) is 0 Å². The molecular formula is C20H22N2. The molecule has 0 N–H and O–H groups in total. The first-order valence-electron chi connectivity index (χ1n) is 7.79. The van der Waals surface area contributed by atoms with Crippen molar-refractivity contribution in [2.75, 3.05) is 0 Å². The van der Waals surface area contributed by atoms with Gasteiger partial charge in [-0.2, -0.15) is 0 Å². The van der Waals surface area contributed by atoms with Crippen LogP contribution in [-0.4, -0.2) is 9.55 Å². The Labute approximate surface area is 132 Å². The Bertz CT molecular complexity index is 777. The molecule has 0 atom stereocenters. The van der Waals surface area contributed by atoms with E-state index in [1.807, 2.05) is 0 Å². The molecule has 0 amide bonds. The average Bonchev–Trinajstić information content (AvgIpc) is 2.86. The number of aryl methyl sites for hydroxylation is 2. The van der Waals surface area contributed by atoms with Crippen molar-refractivity contribution >= 4 is 0 Å². The molecule has 0 saturated heterocycles. The molecular weight excluding hydrogens is 268 g/mol. The number of nitrogens with zero attached hydrogens (tertiary/aromatic N) is 2. The lowest BCUT2D eigenvalue weighted by molar-refractivity contribution is 0.866. The van der Waals surface area contributed by atoms with Crippen molar-refractivity contribution in [3.05, 3.63) is 71.5 Å². The number of aromatic nitrogens is 2. The fourth-order valence-electron chi connectivity index (χ4n) is 2.96. The van der Waals surface area contributed by atoms with E-state index < -0.39 is 0 Å². The molecule has 0 radical (unpaired) electrons. The number of rotatable bonds is 3. The van der Waals surface area contributed by atoms with Crippen LogP contribution in [0.5, 0.6) is 0 Å². The second kappa shape index (κ2) is 5.80. The highest BCUT2D eigenvalue weighted by Crippen LogP contribution is 2.28. The van der Waals surface area contributed by atoms with Crippen molar-refractivity contribution in [2.45, 2.75) is 33.6 Å². The molecule has 2 nitrogen and oxygen atoms in total. The Morgan fingerprint density at radius 3 is 2.18 bits per heavy atom. The van der Waals surface area contributed by atoms with E-state index in [-0.39, 0.29) is 0 Å². The molecule has 0 aliphatic carbocycles. The number of pyridine rings is 1. The topological polar surface area (TPSA) is 17.8 Å². The monoisotopic (exact) mass is 290 g/mol. The van der Waals surface area contributed by atoms with E-state index in [0.717, 1.165) is 11.5 Å². The molecule has 22 heavy (non-hydrogen) atoms. The van der Waals surface area contributed by atoms with Crippen LogP contribution in [0, 0.1) is 13.8 Å². The third-order valence-electron chi connectivity index (χ3n) is 4.09. The lowest BCUT2D eigenvalue weighted by Gasteiger charge is -2.14. The first-order chi connectivity index (χ1) is 10.6. The molecule has 0 aliphatic rings.